The molecule has 0 aromatic heterocycles. The minimum atomic E-state index is -1.02. The molecule has 3 nitrogen and oxygen atoms in total. The van der Waals surface area contributed by atoms with Crippen LogP contribution in [0.25, 0.3) is 0 Å². The second kappa shape index (κ2) is 5.32. The number of aliphatic carboxylic acids is 1. The summed E-state index contributed by atoms with van der Waals surface area (Å²) in [7, 11) is 0. The molecule has 0 fully saturated rings. The molecule has 3 heteroatoms. The van der Waals surface area contributed by atoms with E-state index in [1.807, 2.05) is 13.0 Å². The van der Waals surface area contributed by atoms with Crippen LogP contribution in [0.5, 0.6) is 0 Å². The molecule has 0 saturated carbocycles. The molecule has 0 aliphatic carbocycles. The maximum Gasteiger partial charge on any atom is 0.335 e. The lowest BCUT2D eigenvalue weighted by Crippen LogP contribution is -2.01. The average molecular weight is 167 g/mol. The van der Waals surface area contributed by atoms with Crippen LogP contribution in [0.2, 0.25) is 0 Å². The van der Waals surface area contributed by atoms with Crippen molar-refractivity contribution in [1.82, 2.24) is 0 Å². The molecule has 0 aromatic carbocycles. The van der Waals surface area contributed by atoms with Crippen molar-refractivity contribution in [2.24, 2.45) is 5.73 Å². The standard InChI is InChI=1S/C9H13NO2/c1-3-8(6-10)5-4-7(2)9(11)12/h3-5H,2,6,10H2,1H3,(H,11,12)/b5-4-,8-3+. The molecule has 66 valence electrons. The molecule has 12 heavy (non-hydrogen) atoms. The van der Waals surface area contributed by atoms with Gasteiger partial charge in [0.1, 0.15) is 0 Å². The number of hydrogen-bond acceptors (Lipinski definition) is 2. The summed E-state index contributed by atoms with van der Waals surface area (Å²) >= 11 is 0. The molecular formula is C9H13NO2. The molecule has 0 aliphatic rings. The normalized spacial score (nSPS) is 12.0. The van der Waals surface area contributed by atoms with Gasteiger partial charge < -0.3 is 10.8 Å². The van der Waals surface area contributed by atoms with Gasteiger partial charge in [-0.3, -0.25) is 0 Å². The zero-order valence-corrected chi connectivity index (χ0v) is 7.08. The lowest BCUT2D eigenvalue weighted by molar-refractivity contribution is -0.132. The third kappa shape index (κ3) is 3.73. The molecule has 0 radical (unpaired) electrons. The first-order valence-corrected chi connectivity index (χ1v) is 3.57. The molecule has 0 atom stereocenters. The zero-order valence-electron chi connectivity index (χ0n) is 7.08. The maximum atomic E-state index is 10.3. The van der Waals surface area contributed by atoms with Gasteiger partial charge in [-0.1, -0.05) is 18.7 Å². The minimum absolute atomic E-state index is 0.0581. The Morgan fingerprint density at radius 3 is 2.50 bits per heavy atom. The van der Waals surface area contributed by atoms with Gasteiger partial charge in [0.2, 0.25) is 0 Å². The Bertz CT molecular complexity index is 235. The van der Waals surface area contributed by atoms with Crippen LogP contribution in [0.1, 0.15) is 6.92 Å². The zero-order chi connectivity index (χ0) is 9.56. The van der Waals surface area contributed by atoms with Crippen LogP contribution in [0.15, 0.2) is 36.0 Å². The number of allylic oxidation sites excluding steroid dienone is 1. The quantitative estimate of drug-likeness (QED) is 0.486. The van der Waals surface area contributed by atoms with Crippen molar-refractivity contribution >= 4 is 5.97 Å². The largest absolute Gasteiger partial charge is 0.478 e. The second-order valence-corrected chi connectivity index (χ2v) is 2.23. The van der Waals surface area contributed by atoms with Crippen molar-refractivity contribution in [2.75, 3.05) is 6.54 Å². The highest BCUT2D eigenvalue weighted by atomic mass is 16.4. The Kier molecular flexibility index (Phi) is 4.72. The number of rotatable bonds is 4. The summed E-state index contributed by atoms with van der Waals surface area (Å²) in [6, 6.07) is 0. The van der Waals surface area contributed by atoms with Crippen molar-refractivity contribution in [1.29, 1.82) is 0 Å². The van der Waals surface area contributed by atoms with Crippen molar-refractivity contribution in [2.45, 2.75) is 6.92 Å². The van der Waals surface area contributed by atoms with E-state index in [1.165, 1.54) is 6.08 Å². The first-order valence-electron chi connectivity index (χ1n) is 3.57. The molecule has 0 aromatic rings. The molecule has 0 aliphatic heterocycles. The van der Waals surface area contributed by atoms with Crippen LogP contribution in [0, 0.1) is 0 Å². The minimum Gasteiger partial charge on any atom is -0.478 e. The molecule has 0 spiro atoms. The van der Waals surface area contributed by atoms with E-state index in [9.17, 15) is 4.79 Å². The molecule has 0 saturated heterocycles. The molecule has 0 heterocycles. The summed E-state index contributed by atoms with van der Waals surface area (Å²) in [5, 5.41) is 8.44. The summed E-state index contributed by atoms with van der Waals surface area (Å²) in [5.74, 6) is -1.02. The predicted molar refractivity (Wildman–Crippen MR) is 48.7 cm³/mol. The summed E-state index contributed by atoms with van der Waals surface area (Å²) in [6.07, 6.45) is 4.91. The number of hydrogen-bond donors (Lipinski definition) is 2. The number of carboxylic acid groups (broad SMARTS) is 1. The van der Waals surface area contributed by atoms with Crippen molar-refractivity contribution in [3.05, 3.63) is 36.0 Å². The average Bonchev–Trinajstić information content (AvgIpc) is 2.05. The topological polar surface area (TPSA) is 63.3 Å². The molecule has 0 unspecified atom stereocenters. The van der Waals surface area contributed by atoms with Gasteiger partial charge in [0, 0.05) is 6.54 Å². The Hall–Kier alpha value is -1.35. The highest BCUT2D eigenvalue weighted by molar-refractivity contribution is 5.89. The van der Waals surface area contributed by atoms with Crippen molar-refractivity contribution < 1.29 is 9.90 Å². The van der Waals surface area contributed by atoms with E-state index < -0.39 is 5.97 Å². The van der Waals surface area contributed by atoms with Gasteiger partial charge in [0.15, 0.2) is 0 Å². The monoisotopic (exact) mass is 167 g/mol. The highest BCUT2D eigenvalue weighted by Crippen LogP contribution is 1.98. The summed E-state index contributed by atoms with van der Waals surface area (Å²) < 4.78 is 0. The molecular weight excluding hydrogens is 154 g/mol. The van der Waals surface area contributed by atoms with Crippen molar-refractivity contribution in [3.8, 4) is 0 Å². The summed E-state index contributed by atoms with van der Waals surface area (Å²) in [6.45, 7) is 5.59. The maximum absolute atomic E-state index is 10.3. The molecule has 0 rings (SSSR count). The van der Waals surface area contributed by atoms with Crippen LogP contribution in [-0.2, 0) is 4.79 Å². The first-order chi connectivity index (χ1) is 5.61. The fourth-order valence-corrected chi connectivity index (χ4v) is 0.561. The van der Waals surface area contributed by atoms with E-state index in [2.05, 4.69) is 6.58 Å². The third-order valence-corrected chi connectivity index (χ3v) is 1.38. The van der Waals surface area contributed by atoms with E-state index in [1.54, 1.807) is 6.08 Å². The van der Waals surface area contributed by atoms with Gasteiger partial charge in [0.25, 0.3) is 0 Å². The third-order valence-electron chi connectivity index (χ3n) is 1.38. The van der Waals surface area contributed by atoms with Gasteiger partial charge >= 0.3 is 5.97 Å². The van der Waals surface area contributed by atoms with Crippen molar-refractivity contribution in [3.63, 3.8) is 0 Å². The Balaban J connectivity index is 4.24. The number of nitrogens with two attached hydrogens (primary N) is 1. The van der Waals surface area contributed by atoms with Gasteiger partial charge in [-0.05, 0) is 18.6 Å². The van der Waals surface area contributed by atoms with Crippen LogP contribution in [-0.4, -0.2) is 17.6 Å². The fourth-order valence-electron chi connectivity index (χ4n) is 0.561. The number of carboxylic acids is 1. The van der Waals surface area contributed by atoms with Gasteiger partial charge in [-0.25, -0.2) is 4.79 Å². The van der Waals surface area contributed by atoms with E-state index in [4.69, 9.17) is 10.8 Å². The van der Waals surface area contributed by atoms with E-state index in [-0.39, 0.29) is 5.57 Å². The van der Waals surface area contributed by atoms with Crippen LogP contribution in [0.4, 0.5) is 0 Å². The lowest BCUT2D eigenvalue weighted by Gasteiger charge is -1.94. The van der Waals surface area contributed by atoms with Crippen LogP contribution in [0.3, 0.4) is 0 Å². The highest BCUT2D eigenvalue weighted by Gasteiger charge is 1.97. The summed E-state index contributed by atoms with van der Waals surface area (Å²) in [4.78, 5) is 10.3. The van der Waals surface area contributed by atoms with Gasteiger partial charge in [-0.2, -0.15) is 0 Å². The Morgan fingerprint density at radius 1 is 1.58 bits per heavy atom. The predicted octanol–water partition coefficient (Wildman–Crippen LogP) is 1.09. The number of carbonyl (C=O) groups is 1. The first kappa shape index (κ1) is 10.7. The molecule has 3 N–H and O–H groups in total. The van der Waals surface area contributed by atoms with E-state index >= 15 is 0 Å². The SMILES string of the molecule is C=C(/C=C\C(=C/C)CN)C(=O)O. The second-order valence-electron chi connectivity index (χ2n) is 2.23. The molecule has 0 amide bonds. The summed E-state index contributed by atoms with van der Waals surface area (Å²) in [5.41, 5.74) is 6.29. The van der Waals surface area contributed by atoms with Gasteiger partial charge in [0.05, 0.1) is 5.57 Å². The smallest absolute Gasteiger partial charge is 0.335 e. The van der Waals surface area contributed by atoms with Crippen LogP contribution < -0.4 is 5.73 Å². The Labute approximate surface area is 71.9 Å². The molecule has 0 bridgehead atoms. The van der Waals surface area contributed by atoms with Crippen LogP contribution >= 0.6 is 0 Å². The van der Waals surface area contributed by atoms with E-state index in [0.717, 1.165) is 5.57 Å². The van der Waals surface area contributed by atoms with E-state index in [0.29, 0.717) is 6.54 Å². The van der Waals surface area contributed by atoms with Gasteiger partial charge in [-0.15, -0.1) is 0 Å². The Morgan fingerprint density at radius 2 is 2.17 bits per heavy atom. The lowest BCUT2D eigenvalue weighted by atomic mass is 10.2. The fraction of sp³-hybridized carbons (Fsp3) is 0.222.